The molecule has 1 amide bonds. The third-order valence-corrected chi connectivity index (χ3v) is 2.99. The number of nitrogens with two attached hydrogens (primary N) is 2. The summed E-state index contributed by atoms with van der Waals surface area (Å²) in [4.78, 5) is 11.7. The van der Waals surface area contributed by atoms with Crippen LogP contribution in [0.2, 0.25) is 0 Å². The highest BCUT2D eigenvalue weighted by molar-refractivity contribution is 7.89. The zero-order valence-electron chi connectivity index (χ0n) is 10.5. The Hall–Kier alpha value is -1.95. The van der Waals surface area contributed by atoms with E-state index in [0.29, 0.717) is 5.56 Å². The van der Waals surface area contributed by atoms with Crippen LogP contribution in [0.1, 0.15) is 15.9 Å². The molecule has 0 fully saturated rings. The molecule has 0 spiro atoms. The van der Waals surface area contributed by atoms with Gasteiger partial charge in [-0.2, -0.15) is 0 Å². The lowest BCUT2D eigenvalue weighted by Gasteiger charge is -2.06. The third-order valence-electron chi connectivity index (χ3n) is 2.22. The molecule has 0 aromatic heterocycles. The van der Waals surface area contributed by atoms with Crippen LogP contribution in [-0.4, -0.2) is 33.2 Å². The van der Waals surface area contributed by atoms with E-state index >= 15 is 0 Å². The predicted molar refractivity (Wildman–Crippen MR) is 72.6 cm³/mol. The molecule has 0 radical (unpaired) electrons. The lowest BCUT2D eigenvalue weighted by molar-refractivity contribution is 0.0952. The Morgan fingerprint density at radius 1 is 1.40 bits per heavy atom. The summed E-state index contributed by atoms with van der Waals surface area (Å²) in [6.07, 6.45) is 0. The zero-order valence-corrected chi connectivity index (χ0v) is 11.3. The van der Waals surface area contributed by atoms with Crippen molar-refractivity contribution in [1.82, 2.24) is 5.32 Å². The van der Waals surface area contributed by atoms with Gasteiger partial charge in [-0.05, 0) is 18.2 Å². The maximum Gasteiger partial charge on any atom is 0.254 e. The first kappa shape index (κ1) is 16.1. The van der Waals surface area contributed by atoms with E-state index in [1.54, 1.807) is 0 Å². The van der Waals surface area contributed by atoms with Gasteiger partial charge in [0.2, 0.25) is 10.0 Å². The summed E-state index contributed by atoms with van der Waals surface area (Å²) in [6, 6.07) is 3.79. The highest BCUT2D eigenvalue weighted by Gasteiger charge is 2.12. The SMILES string of the molecule is NCC#Cc1ccc(F)c(C(=O)NCCS(N)(=O)=O)c1. The largest absolute Gasteiger partial charge is 0.351 e. The van der Waals surface area contributed by atoms with Crippen LogP contribution in [0, 0.1) is 17.7 Å². The molecule has 0 atom stereocenters. The number of hydrogen-bond donors (Lipinski definition) is 3. The van der Waals surface area contributed by atoms with E-state index in [1.165, 1.54) is 12.1 Å². The number of hydrogen-bond acceptors (Lipinski definition) is 4. The van der Waals surface area contributed by atoms with E-state index < -0.39 is 27.5 Å². The third kappa shape index (κ3) is 5.36. The Bertz CT molecular complexity index is 662. The van der Waals surface area contributed by atoms with Gasteiger partial charge >= 0.3 is 0 Å². The summed E-state index contributed by atoms with van der Waals surface area (Å²) >= 11 is 0. The van der Waals surface area contributed by atoms with E-state index in [-0.39, 0.29) is 18.7 Å². The lowest BCUT2D eigenvalue weighted by Crippen LogP contribution is -2.32. The Labute approximate surface area is 116 Å². The fraction of sp³-hybridized carbons (Fsp3) is 0.250. The Balaban J connectivity index is 2.81. The van der Waals surface area contributed by atoms with Crippen molar-refractivity contribution in [2.45, 2.75) is 0 Å². The van der Waals surface area contributed by atoms with E-state index in [4.69, 9.17) is 10.9 Å². The van der Waals surface area contributed by atoms with Crippen LogP contribution >= 0.6 is 0 Å². The quantitative estimate of drug-likeness (QED) is 0.628. The van der Waals surface area contributed by atoms with E-state index in [1.807, 2.05) is 0 Å². The average molecular weight is 299 g/mol. The van der Waals surface area contributed by atoms with Gasteiger partial charge in [-0.1, -0.05) is 11.8 Å². The van der Waals surface area contributed by atoms with Gasteiger partial charge in [0.1, 0.15) is 5.82 Å². The number of sulfonamides is 1. The number of amides is 1. The molecule has 0 saturated carbocycles. The molecule has 1 aromatic rings. The molecule has 1 rings (SSSR count). The van der Waals surface area contributed by atoms with Crippen LogP contribution in [0.4, 0.5) is 4.39 Å². The maximum absolute atomic E-state index is 13.5. The standard InChI is InChI=1S/C12H14FN3O3S/c13-11-4-3-9(2-1-5-14)8-10(11)12(17)16-6-7-20(15,18)19/h3-4,8H,5-7,14H2,(H,16,17)(H2,15,18,19). The number of benzene rings is 1. The molecule has 0 saturated heterocycles. The minimum absolute atomic E-state index is 0.146. The van der Waals surface area contributed by atoms with Crippen LogP contribution in [-0.2, 0) is 10.0 Å². The van der Waals surface area contributed by atoms with Crippen molar-refractivity contribution < 1.29 is 17.6 Å². The molecule has 0 heterocycles. The van der Waals surface area contributed by atoms with Crippen molar-refractivity contribution in [2.75, 3.05) is 18.8 Å². The van der Waals surface area contributed by atoms with Crippen LogP contribution in [0.3, 0.4) is 0 Å². The first-order valence-corrected chi connectivity index (χ1v) is 7.32. The van der Waals surface area contributed by atoms with Gasteiger partial charge in [0.15, 0.2) is 0 Å². The normalized spacial score (nSPS) is 10.6. The van der Waals surface area contributed by atoms with Gasteiger partial charge in [0.25, 0.3) is 5.91 Å². The number of rotatable bonds is 4. The highest BCUT2D eigenvalue weighted by atomic mass is 32.2. The van der Waals surface area contributed by atoms with Gasteiger partial charge in [0.05, 0.1) is 17.9 Å². The molecule has 6 nitrogen and oxygen atoms in total. The Kier molecular flexibility index (Phi) is 5.64. The van der Waals surface area contributed by atoms with Gasteiger partial charge in [-0.25, -0.2) is 17.9 Å². The van der Waals surface area contributed by atoms with Crippen molar-refractivity contribution in [3.8, 4) is 11.8 Å². The average Bonchev–Trinajstić information content (AvgIpc) is 2.36. The van der Waals surface area contributed by atoms with Crippen LogP contribution in [0.15, 0.2) is 18.2 Å². The number of carbonyl (C=O) groups excluding carboxylic acids is 1. The number of nitrogens with one attached hydrogen (secondary N) is 1. The molecule has 0 aliphatic carbocycles. The molecule has 20 heavy (non-hydrogen) atoms. The van der Waals surface area contributed by atoms with Crippen molar-refractivity contribution in [2.24, 2.45) is 10.9 Å². The van der Waals surface area contributed by atoms with E-state index in [9.17, 15) is 17.6 Å². The van der Waals surface area contributed by atoms with Gasteiger partial charge in [0, 0.05) is 12.1 Å². The lowest BCUT2D eigenvalue weighted by atomic mass is 10.1. The summed E-state index contributed by atoms with van der Waals surface area (Å²) < 4.78 is 34.9. The summed E-state index contributed by atoms with van der Waals surface area (Å²) in [5.41, 5.74) is 5.43. The van der Waals surface area contributed by atoms with Crippen molar-refractivity contribution in [1.29, 1.82) is 0 Å². The summed E-state index contributed by atoms with van der Waals surface area (Å²) in [7, 11) is -3.68. The summed E-state index contributed by atoms with van der Waals surface area (Å²) in [5, 5.41) is 7.05. The molecule has 1 aromatic carbocycles. The second kappa shape index (κ2) is 7.00. The van der Waals surface area contributed by atoms with Crippen LogP contribution in [0.5, 0.6) is 0 Å². The fourth-order valence-electron chi connectivity index (χ4n) is 1.33. The molecule has 0 aliphatic rings. The van der Waals surface area contributed by atoms with E-state index in [0.717, 1.165) is 6.07 Å². The smallest absolute Gasteiger partial charge is 0.254 e. The van der Waals surface area contributed by atoms with Crippen molar-refractivity contribution in [3.63, 3.8) is 0 Å². The Morgan fingerprint density at radius 3 is 2.70 bits per heavy atom. The second-order valence-electron chi connectivity index (χ2n) is 3.82. The van der Waals surface area contributed by atoms with Gasteiger partial charge in [-0.15, -0.1) is 0 Å². The number of carbonyl (C=O) groups is 1. The Morgan fingerprint density at radius 2 is 2.10 bits per heavy atom. The van der Waals surface area contributed by atoms with Crippen molar-refractivity contribution in [3.05, 3.63) is 35.1 Å². The molecule has 0 bridgehead atoms. The minimum Gasteiger partial charge on any atom is -0.351 e. The predicted octanol–water partition coefficient (Wildman–Crippen LogP) is -0.846. The summed E-state index contributed by atoms with van der Waals surface area (Å²) in [5.74, 6) is 3.37. The van der Waals surface area contributed by atoms with E-state index in [2.05, 4.69) is 17.2 Å². The zero-order chi connectivity index (χ0) is 15.2. The monoisotopic (exact) mass is 299 g/mol. The molecule has 0 aliphatic heterocycles. The molecule has 5 N–H and O–H groups in total. The van der Waals surface area contributed by atoms with Crippen LogP contribution in [0.25, 0.3) is 0 Å². The minimum atomic E-state index is -3.68. The first-order valence-electron chi connectivity index (χ1n) is 5.60. The van der Waals surface area contributed by atoms with Crippen molar-refractivity contribution >= 4 is 15.9 Å². The highest BCUT2D eigenvalue weighted by Crippen LogP contribution is 2.10. The number of primary sulfonamides is 1. The topological polar surface area (TPSA) is 115 Å². The number of halogens is 1. The second-order valence-corrected chi connectivity index (χ2v) is 5.56. The van der Waals surface area contributed by atoms with Gasteiger partial charge < -0.3 is 11.1 Å². The first-order chi connectivity index (χ1) is 9.33. The van der Waals surface area contributed by atoms with Crippen LogP contribution < -0.4 is 16.2 Å². The molecular weight excluding hydrogens is 285 g/mol. The van der Waals surface area contributed by atoms with Gasteiger partial charge in [-0.3, -0.25) is 4.79 Å². The summed E-state index contributed by atoms with van der Waals surface area (Å²) in [6.45, 7) is -0.0525. The fourth-order valence-corrected chi connectivity index (χ4v) is 1.72. The molecule has 0 unspecified atom stereocenters. The molecule has 8 heteroatoms. The molecular formula is C12H14FN3O3S. The molecule has 108 valence electrons. The maximum atomic E-state index is 13.5.